The molecule has 0 fully saturated rings. The van der Waals surface area contributed by atoms with Gasteiger partial charge in [0.1, 0.15) is 0 Å². The molecule has 1 aromatic carbocycles. The van der Waals surface area contributed by atoms with Gasteiger partial charge in [-0.3, -0.25) is 4.68 Å². The van der Waals surface area contributed by atoms with Crippen molar-refractivity contribution in [2.24, 2.45) is 0 Å². The second kappa shape index (κ2) is 5.56. The lowest BCUT2D eigenvalue weighted by Gasteiger charge is -2.07. The predicted molar refractivity (Wildman–Crippen MR) is 70.6 cm³/mol. The number of nitrogens with zero attached hydrogens (tertiary/aromatic N) is 2. The standard InChI is InChI=1S/C14H16N2O3/c1-3-19-13-7-15-16(9-13)8-12-5-4-11(14(17)18)6-10(12)2/h4-7,9H,3,8H2,1-2H3,(H,17,18). The summed E-state index contributed by atoms with van der Waals surface area (Å²) in [7, 11) is 0. The Hall–Kier alpha value is -2.30. The fraction of sp³-hybridized carbons (Fsp3) is 0.286. The normalized spacial score (nSPS) is 10.4. The lowest BCUT2D eigenvalue weighted by Crippen LogP contribution is -2.04. The van der Waals surface area contributed by atoms with E-state index < -0.39 is 5.97 Å². The molecule has 5 heteroatoms. The number of hydrogen-bond donors (Lipinski definition) is 1. The molecular formula is C14H16N2O3. The highest BCUT2D eigenvalue weighted by Gasteiger charge is 2.07. The molecule has 0 atom stereocenters. The van der Waals surface area contributed by atoms with Gasteiger partial charge in [0, 0.05) is 0 Å². The van der Waals surface area contributed by atoms with Crippen LogP contribution in [0.2, 0.25) is 0 Å². The molecule has 0 unspecified atom stereocenters. The highest BCUT2D eigenvalue weighted by Crippen LogP contribution is 2.14. The molecule has 0 saturated carbocycles. The molecular weight excluding hydrogens is 244 g/mol. The molecule has 0 aliphatic carbocycles. The minimum Gasteiger partial charge on any atom is -0.491 e. The van der Waals surface area contributed by atoms with Crippen LogP contribution in [0.4, 0.5) is 0 Å². The Labute approximate surface area is 111 Å². The van der Waals surface area contributed by atoms with Crippen LogP contribution in [0, 0.1) is 6.92 Å². The fourth-order valence-corrected chi connectivity index (χ4v) is 1.85. The molecule has 1 aromatic heterocycles. The first kappa shape index (κ1) is 13.1. The summed E-state index contributed by atoms with van der Waals surface area (Å²) in [6.07, 6.45) is 3.50. The minimum absolute atomic E-state index is 0.303. The van der Waals surface area contributed by atoms with E-state index in [-0.39, 0.29) is 0 Å². The van der Waals surface area contributed by atoms with Gasteiger partial charge >= 0.3 is 5.97 Å². The molecule has 0 aliphatic rings. The molecule has 2 rings (SSSR count). The number of aromatic nitrogens is 2. The molecule has 0 amide bonds. The molecule has 0 bridgehead atoms. The molecule has 0 saturated heterocycles. The van der Waals surface area contributed by atoms with Crippen LogP contribution >= 0.6 is 0 Å². The largest absolute Gasteiger partial charge is 0.491 e. The van der Waals surface area contributed by atoms with Gasteiger partial charge in [-0.05, 0) is 37.1 Å². The number of carboxylic acid groups (broad SMARTS) is 1. The number of aromatic carboxylic acids is 1. The number of carbonyl (C=O) groups is 1. The van der Waals surface area contributed by atoms with Crippen molar-refractivity contribution >= 4 is 5.97 Å². The number of ether oxygens (including phenoxy) is 1. The van der Waals surface area contributed by atoms with Crippen LogP contribution in [0.25, 0.3) is 0 Å². The molecule has 100 valence electrons. The van der Waals surface area contributed by atoms with Crippen molar-refractivity contribution in [3.8, 4) is 5.75 Å². The lowest BCUT2D eigenvalue weighted by molar-refractivity contribution is 0.0697. The van der Waals surface area contributed by atoms with Crippen LogP contribution in [-0.2, 0) is 6.54 Å². The fourth-order valence-electron chi connectivity index (χ4n) is 1.85. The van der Waals surface area contributed by atoms with E-state index in [0.29, 0.717) is 18.7 Å². The lowest BCUT2D eigenvalue weighted by atomic mass is 10.1. The van der Waals surface area contributed by atoms with E-state index >= 15 is 0 Å². The highest BCUT2D eigenvalue weighted by molar-refractivity contribution is 5.87. The quantitative estimate of drug-likeness (QED) is 0.896. The Kier molecular flexibility index (Phi) is 3.85. The van der Waals surface area contributed by atoms with Gasteiger partial charge in [-0.15, -0.1) is 0 Å². The Morgan fingerprint density at radius 2 is 2.26 bits per heavy atom. The van der Waals surface area contributed by atoms with E-state index in [4.69, 9.17) is 9.84 Å². The van der Waals surface area contributed by atoms with Crippen LogP contribution in [0.15, 0.2) is 30.6 Å². The minimum atomic E-state index is -0.910. The topological polar surface area (TPSA) is 64.4 Å². The van der Waals surface area contributed by atoms with E-state index in [1.54, 1.807) is 23.0 Å². The summed E-state index contributed by atoms with van der Waals surface area (Å²) in [6, 6.07) is 5.10. The van der Waals surface area contributed by atoms with Gasteiger partial charge in [0.05, 0.1) is 31.1 Å². The van der Waals surface area contributed by atoms with Crippen LogP contribution in [-0.4, -0.2) is 27.5 Å². The average Bonchev–Trinajstić information content (AvgIpc) is 2.79. The van der Waals surface area contributed by atoms with Crippen LogP contribution < -0.4 is 4.74 Å². The third kappa shape index (κ3) is 3.13. The maximum absolute atomic E-state index is 10.9. The summed E-state index contributed by atoms with van der Waals surface area (Å²) in [5.74, 6) is -0.172. The SMILES string of the molecule is CCOc1cnn(Cc2ccc(C(=O)O)cc2C)c1. The van der Waals surface area contributed by atoms with E-state index in [1.165, 1.54) is 0 Å². The van der Waals surface area contributed by atoms with Gasteiger partial charge in [0.2, 0.25) is 0 Å². The zero-order valence-electron chi connectivity index (χ0n) is 11.0. The van der Waals surface area contributed by atoms with E-state index in [0.717, 1.165) is 16.9 Å². The van der Waals surface area contributed by atoms with Crippen molar-refractivity contribution < 1.29 is 14.6 Å². The summed E-state index contributed by atoms with van der Waals surface area (Å²) in [5, 5.41) is 13.1. The van der Waals surface area contributed by atoms with Crippen molar-refractivity contribution in [2.45, 2.75) is 20.4 Å². The number of benzene rings is 1. The van der Waals surface area contributed by atoms with Crippen molar-refractivity contribution in [2.75, 3.05) is 6.61 Å². The van der Waals surface area contributed by atoms with E-state index in [9.17, 15) is 4.79 Å². The second-order valence-corrected chi connectivity index (χ2v) is 4.25. The van der Waals surface area contributed by atoms with Crippen molar-refractivity contribution in [3.63, 3.8) is 0 Å². The van der Waals surface area contributed by atoms with Crippen LogP contribution in [0.1, 0.15) is 28.4 Å². The van der Waals surface area contributed by atoms with Gasteiger partial charge in [-0.25, -0.2) is 4.79 Å². The van der Waals surface area contributed by atoms with Gasteiger partial charge in [-0.2, -0.15) is 5.10 Å². The molecule has 5 nitrogen and oxygen atoms in total. The highest BCUT2D eigenvalue weighted by atomic mass is 16.5. The molecule has 19 heavy (non-hydrogen) atoms. The van der Waals surface area contributed by atoms with Gasteiger partial charge in [0.15, 0.2) is 5.75 Å². The number of hydrogen-bond acceptors (Lipinski definition) is 3. The number of aryl methyl sites for hydroxylation is 1. The Balaban J connectivity index is 2.16. The predicted octanol–water partition coefficient (Wildman–Crippen LogP) is 2.34. The first-order valence-electron chi connectivity index (χ1n) is 6.08. The average molecular weight is 260 g/mol. The van der Waals surface area contributed by atoms with Crippen LogP contribution in [0.5, 0.6) is 5.75 Å². The summed E-state index contributed by atoms with van der Waals surface area (Å²) < 4.78 is 7.12. The smallest absolute Gasteiger partial charge is 0.335 e. The van der Waals surface area contributed by atoms with Gasteiger partial charge < -0.3 is 9.84 Å². The summed E-state index contributed by atoms with van der Waals surface area (Å²) in [4.78, 5) is 10.9. The summed E-state index contributed by atoms with van der Waals surface area (Å²) in [5.41, 5.74) is 2.28. The maximum atomic E-state index is 10.9. The van der Waals surface area contributed by atoms with Crippen molar-refractivity contribution in [1.82, 2.24) is 9.78 Å². The summed E-state index contributed by atoms with van der Waals surface area (Å²) >= 11 is 0. The number of rotatable bonds is 5. The van der Waals surface area contributed by atoms with Gasteiger partial charge in [-0.1, -0.05) is 6.07 Å². The van der Waals surface area contributed by atoms with E-state index in [2.05, 4.69) is 5.10 Å². The molecule has 0 spiro atoms. The third-order valence-electron chi connectivity index (χ3n) is 2.84. The van der Waals surface area contributed by atoms with Gasteiger partial charge in [0.25, 0.3) is 0 Å². The summed E-state index contributed by atoms with van der Waals surface area (Å²) in [6.45, 7) is 5.03. The third-order valence-corrected chi connectivity index (χ3v) is 2.84. The first-order chi connectivity index (χ1) is 9.10. The zero-order chi connectivity index (χ0) is 13.8. The monoisotopic (exact) mass is 260 g/mol. The molecule has 1 N–H and O–H groups in total. The second-order valence-electron chi connectivity index (χ2n) is 4.25. The molecule has 0 aliphatic heterocycles. The Bertz CT molecular complexity index is 590. The van der Waals surface area contributed by atoms with E-state index in [1.807, 2.05) is 26.1 Å². The Morgan fingerprint density at radius 3 is 2.89 bits per heavy atom. The van der Waals surface area contributed by atoms with Crippen molar-refractivity contribution in [1.29, 1.82) is 0 Å². The van der Waals surface area contributed by atoms with Crippen LogP contribution in [0.3, 0.4) is 0 Å². The van der Waals surface area contributed by atoms with Crippen molar-refractivity contribution in [3.05, 3.63) is 47.3 Å². The first-order valence-corrected chi connectivity index (χ1v) is 6.08. The maximum Gasteiger partial charge on any atom is 0.335 e. The zero-order valence-corrected chi connectivity index (χ0v) is 11.0. The number of carboxylic acids is 1. The molecule has 1 heterocycles. The molecule has 2 aromatic rings. The Morgan fingerprint density at radius 1 is 1.47 bits per heavy atom. The molecule has 0 radical (unpaired) electrons.